The number of aliphatic imine (C=N–C) groups is 1. The Morgan fingerprint density at radius 3 is 2.74 bits per heavy atom. The lowest BCUT2D eigenvalue weighted by atomic mass is 10.1. The van der Waals surface area contributed by atoms with Crippen molar-refractivity contribution in [2.45, 2.75) is 38.5 Å². The van der Waals surface area contributed by atoms with Gasteiger partial charge in [0.15, 0.2) is 15.0 Å². The van der Waals surface area contributed by atoms with E-state index in [2.05, 4.69) is 4.99 Å². The molecule has 2 rings (SSSR count). The van der Waals surface area contributed by atoms with Crippen LogP contribution < -0.4 is 0 Å². The lowest BCUT2D eigenvalue weighted by Crippen LogP contribution is -2.37. The van der Waals surface area contributed by atoms with E-state index in [0.29, 0.717) is 24.1 Å². The number of nitrogens with zero attached hydrogens (tertiary/aromatic N) is 2. The molecule has 2 aliphatic heterocycles. The summed E-state index contributed by atoms with van der Waals surface area (Å²) in [7, 11) is -2.92. The predicted octanol–water partition coefficient (Wildman–Crippen LogP) is 1.15. The number of amides is 1. The fourth-order valence-electron chi connectivity index (χ4n) is 2.51. The summed E-state index contributed by atoms with van der Waals surface area (Å²) in [6.45, 7) is 6.63. The van der Waals surface area contributed by atoms with E-state index in [1.165, 1.54) is 11.8 Å². The summed E-state index contributed by atoms with van der Waals surface area (Å²) < 4.78 is 23.3. The highest BCUT2D eigenvalue weighted by atomic mass is 32.2. The largest absolute Gasteiger partial charge is 0.346 e. The summed E-state index contributed by atoms with van der Waals surface area (Å²) in [5, 5.41) is 0.744. The standard InChI is InChI=1S/C12H20N2O3S2/c1-4-14-9-6-19(16,17)7-10(9)18-12(14)13-11(15)5-8(2)3/h8-10H,4-7H2,1-3H3/t9-,10+/m1/s1. The van der Waals surface area contributed by atoms with Crippen molar-refractivity contribution in [1.82, 2.24) is 4.90 Å². The summed E-state index contributed by atoms with van der Waals surface area (Å²) in [4.78, 5) is 17.9. The van der Waals surface area contributed by atoms with Gasteiger partial charge >= 0.3 is 0 Å². The molecule has 0 N–H and O–H groups in total. The van der Waals surface area contributed by atoms with Crippen LogP contribution in [-0.2, 0) is 14.6 Å². The van der Waals surface area contributed by atoms with E-state index in [1.54, 1.807) is 0 Å². The van der Waals surface area contributed by atoms with E-state index in [1.807, 2.05) is 25.7 Å². The average Bonchev–Trinajstić information content (AvgIpc) is 2.67. The van der Waals surface area contributed by atoms with Crippen molar-refractivity contribution in [1.29, 1.82) is 0 Å². The first-order chi connectivity index (χ1) is 8.82. The summed E-state index contributed by atoms with van der Waals surface area (Å²) >= 11 is 1.45. The van der Waals surface area contributed by atoms with Crippen LogP contribution >= 0.6 is 11.8 Å². The van der Waals surface area contributed by atoms with Crippen LogP contribution in [0.2, 0.25) is 0 Å². The van der Waals surface area contributed by atoms with Crippen LogP contribution in [0.15, 0.2) is 4.99 Å². The molecule has 0 spiro atoms. The van der Waals surface area contributed by atoms with Gasteiger partial charge in [-0.05, 0) is 12.8 Å². The minimum Gasteiger partial charge on any atom is -0.346 e. The zero-order valence-corrected chi connectivity index (χ0v) is 13.1. The molecule has 7 heteroatoms. The van der Waals surface area contributed by atoms with E-state index in [-0.39, 0.29) is 28.7 Å². The van der Waals surface area contributed by atoms with Gasteiger partial charge in [-0.25, -0.2) is 8.42 Å². The first-order valence-electron chi connectivity index (χ1n) is 6.57. The van der Waals surface area contributed by atoms with Crippen LogP contribution in [-0.4, -0.2) is 53.7 Å². The molecule has 1 amide bonds. The van der Waals surface area contributed by atoms with Gasteiger partial charge in [0.05, 0.1) is 17.5 Å². The normalized spacial score (nSPS) is 31.2. The third-order valence-corrected chi connectivity index (χ3v) is 6.57. The molecular formula is C12H20N2O3S2. The van der Waals surface area contributed by atoms with Crippen molar-refractivity contribution in [3.63, 3.8) is 0 Å². The molecule has 2 aliphatic rings. The molecule has 2 fully saturated rings. The van der Waals surface area contributed by atoms with Gasteiger partial charge in [0.2, 0.25) is 5.91 Å². The molecule has 2 atom stereocenters. The number of carbonyl (C=O) groups excluding carboxylic acids is 1. The van der Waals surface area contributed by atoms with Crippen LogP contribution in [0.4, 0.5) is 0 Å². The van der Waals surface area contributed by atoms with E-state index < -0.39 is 9.84 Å². The summed E-state index contributed by atoms with van der Waals surface area (Å²) in [6.07, 6.45) is 0.440. The van der Waals surface area contributed by atoms with Gasteiger partial charge in [-0.1, -0.05) is 25.6 Å². The third kappa shape index (κ3) is 3.31. The van der Waals surface area contributed by atoms with Crippen LogP contribution in [0.5, 0.6) is 0 Å². The van der Waals surface area contributed by atoms with Crippen molar-refractivity contribution >= 4 is 32.7 Å². The van der Waals surface area contributed by atoms with Gasteiger partial charge in [-0.3, -0.25) is 4.79 Å². The number of hydrogen-bond acceptors (Lipinski definition) is 4. The SMILES string of the molecule is CCN1C(=NC(=O)CC(C)C)S[C@H]2CS(=O)(=O)C[C@H]21. The van der Waals surface area contributed by atoms with E-state index in [4.69, 9.17) is 0 Å². The molecule has 0 aromatic rings. The van der Waals surface area contributed by atoms with Gasteiger partial charge in [0.25, 0.3) is 0 Å². The molecule has 0 unspecified atom stereocenters. The van der Waals surface area contributed by atoms with E-state index >= 15 is 0 Å². The number of hydrogen-bond donors (Lipinski definition) is 0. The Morgan fingerprint density at radius 2 is 2.16 bits per heavy atom. The van der Waals surface area contributed by atoms with Gasteiger partial charge in [-0.15, -0.1) is 0 Å². The van der Waals surface area contributed by atoms with Gasteiger partial charge < -0.3 is 4.90 Å². The Hall–Kier alpha value is -0.560. The molecule has 0 radical (unpaired) electrons. The molecule has 0 aliphatic carbocycles. The van der Waals surface area contributed by atoms with Crippen molar-refractivity contribution in [2.75, 3.05) is 18.1 Å². The molecular weight excluding hydrogens is 284 g/mol. The maximum atomic E-state index is 11.8. The molecule has 2 saturated heterocycles. The zero-order chi connectivity index (χ0) is 14.2. The third-order valence-electron chi connectivity index (χ3n) is 3.32. The Labute approximate surface area is 118 Å². The monoisotopic (exact) mass is 304 g/mol. The Morgan fingerprint density at radius 1 is 1.47 bits per heavy atom. The highest BCUT2D eigenvalue weighted by Crippen LogP contribution is 2.37. The summed E-state index contributed by atoms with van der Waals surface area (Å²) in [6, 6.07) is -0.00870. The number of sulfone groups is 1. The maximum absolute atomic E-state index is 11.8. The first-order valence-corrected chi connectivity index (χ1v) is 9.27. The van der Waals surface area contributed by atoms with Crippen LogP contribution in [0.3, 0.4) is 0 Å². The van der Waals surface area contributed by atoms with Crippen LogP contribution in [0, 0.1) is 5.92 Å². The predicted molar refractivity (Wildman–Crippen MR) is 78.1 cm³/mol. The van der Waals surface area contributed by atoms with Crippen LogP contribution in [0.1, 0.15) is 27.2 Å². The number of fused-ring (bicyclic) bond motifs is 1. The van der Waals surface area contributed by atoms with Crippen molar-refractivity contribution in [2.24, 2.45) is 10.9 Å². The number of amidine groups is 1. The lowest BCUT2D eigenvalue weighted by Gasteiger charge is -2.22. The van der Waals surface area contributed by atoms with Crippen molar-refractivity contribution < 1.29 is 13.2 Å². The average molecular weight is 304 g/mol. The summed E-state index contributed by atoms with van der Waals surface area (Å²) in [5.74, 6) is 0.573. The van der Waals surface area contributed by atoms with E-state index in [0.717, 1.165) is 0 Å². The first kappa shape index (κ1) is 14.8. The van der Waals surface area contributed by atoms with Crippen LogP contribution in [0.25, 0.3) is 0 Å². The number of carbonyl (C=O) groups is 1. The summed E-state index contributed by atoms with van der Waals surface area (Å²) in [5.41, 5.74) is 0. The topological polar surface area (TPSA) is 66.8 Å². The highest BCUT2D eigenvalue weighted by molar-refractivity contribution is 8.15. The highest BCUT2D eigenvalue weighted by Gasteiger charge is 2.48. The maximum Gasteiger partial charge on any atom is 0.248 e. The fraction of sp³-hybridized carbons (Fsp3) is 0.833. The van der Waals surface area contributed by atoms with Crippen molar-refractivity contribution in [3.05, 3.63) is 0 Å². The Kier molecular flexibility index (Phi) is 4.25. The zero-order valence-electron chi connectivity index (χ0n) is 11.5. The molecule has 2 heterocycles. The second-order valence-electron chi connectivity index (χ2n) is 5.47. The molecule has 108 valence electrons. The second-order valence-corrected chi connectivity index (χ2v) is 8.83. The minimum atomic E-state index is -2.92. The van der Waals surface area contributed by atoms with Gasteiger partial charge in [0.1, 0.15) is 0 Å². The Balaban J connectivity index is 2.13. The smallest absolute Gasteiger partial charge is 0.248 e. The molecule has 0 aromatic carbocycles. The molecule has 0 bridgehead atoms. The minimum absolute atomic E-state index is 0.00870. The number of thioether (sulfide) groups is 1. The number of rotatable bonds is 3. The molecule has 0 aromatic heterocycles. The molecule has 0 saturated carbocycles. The van der Waals surface area contributed by atoms with Gasteiger partial charge in [0, 0.05) is 18.2 Å². The van der Waals surface area contributed by atoms with Crippen molar-refractivity contribution in [3.8, 4) is 0 Å². The van der Waals surface area contributed by atoms with Gasteiger partial charge in [-0.2, -0.15) is 4.99 Å². The van der Waals surface area contributed by atoms with E-state index in [9.17, 15) is 13.2 Å². The second kappa shape index (κ2) is 5.44. The molecule has 5 nitrogen and oxygen atoms in total. The lowest BCUT2D eigenvalue weighted by molar-refractivity contribution is -0.118. The molecule has 19 heavy (non-hydrogen) atoms. The fourth-order valence-corrected chi connectivity index (χ4v) is 6.54. The quantitative estimate of drug-likeness (QED) is 0.782. The Bertz CT molecular complexity index is 499.